The van der Waals surface area contributed by atoms with Crippen molar-refractivity contribution in [3.63, 3.8) is 0 Å². The molecule has 0 aliphatic carbocycles. The number of hydrogen-bond acceptors (Lipinski definition) is 4. The van der Waals surface area contributed by atoms with Gasteiger partial charge in [0.1, 0.15) is 5.82 Å². The van der Waals surface area contributed by atoms with Crippen LogP contribution in [0.1, 0.15) is 30.0 Å². The minimum absolute atomic E-state index is 0.108. The predicted octanol–water partition coefficient (Wildman–Crippen LogP) is 2.50. The minimum Gasteiger partial charge on any atom is -0.322 e. The third-order valence-electron chi connectivity index (χ3n) is 2.91. The van der Waals surface area contributed by atoms with Gasteiger partial charge in [0.05, 0.1) is 29.2 Å². The Hall–Kier alpha value is -2.24. The van der Waals surface area contributed by atoms with Gasteiger partial charge >= 0.3 is 0 Å². The van der Waals surface area contributed by atoms with Gasteiger partial charge in [-0.2, -0.15) is 0 Å². The first kappa shape index (κ1) is 15.2. The summed E-state index contributed by atoms with van der Waals surface area (Å²) < 4.78 is 1.40. The number of aromatic nitrogens is 3. The number of nitrogens with two attached hydrogens (primary N) is 1. The SMILES string of the molecule is C=Cc1nc([C@H](C)N)n(-c2cccnc2)c(=O)c1C(=C)Cl. The molecule has 0 radical (unpaired) electrons. The summed E-state index contributed by atoms with van der Waals surface area (Å²) in [5.74, 6) is 0.407. The average Bonchev–Trinajstić information content (AvgIpc) is 2.46. The first-order valence-electron chi connectivity index (χ1n) is 6.27. The van der Waals surface area contributed by atoms with Gasteiger partial charge in [-0.3, -0.25) is 14.3 Å². The molecule has 2 rings (SSSR count). The molecule has 0 aliphatic rings. The van der Waals surface area contributed by atoms with E-state index in [-0.39, 0.29) is 16.2 Å². The van der Waals surface area contributed by atoms with Gasteiger partial charge in [0.15, 0.2) is 0 Å². The van der Waals surface area contributed by atoms with Crippen LogP contribution in [0.2, 0.25) is 0 Å². The fraction of sp³-hybridized carbons (Fsp3) is 0.133. The van der Waals surface area contributed by atoms with Gasteiger partial charge in [-0.25, -0.2) is 4.98 Å². The first-order valence-corrected chi connectivity index (χ1v) is 6.65. The molecule has 108 valence electrons. The van der Waals surface area contributed by atoms with Crippen LogP contribution < -0.4 is 11.3 Å². The lowest BCUT2D eigenvalue weighted by atomic mass is 10.2. The molecule has 2 aromatic heterocycles. The zero-order valence-corrected chi connectivity index (χ0v) is 12.3. The summed E-state index contributed by atoms with van der Waals surface area (Å²) in [7, 11) is 0. The van der Waals surface area contributed by atoms with E-state index in [1.807, 2.05) is 0 Å². The molecule has 0 spiro atoms. The van der Waals surface area contributed by atoms with Crippen LogP contribution in [0.4, 0.5) is 0 Å². The molecule has 5 nitrogen and oxygen atoms in total. The molecular formula is C15H15ClN4O. The van der Waals surface area contributed by atoms with E-state index >= 15 is 0 Å². The Morgan fingerprint density at radius 2 is 2.29 bits per heavy atom. The van der Waals surface area contributed by atoms with E-state index in [4.69, 9.17) is 17.3 Å². The van der Waals surface area contributed by atoms with Crippen LogP contribution in [0.3, 0.4) is 0 Å². The van der Waals surface area contributed by atoms with Crippen LogP contribution in [-0.2, 0) is 0 Å². The van der Waals surface area contributed by atoms with E-state index in [0.717, 1.165) is 0 Å². The Labute approximate surface area is 127 Å². The third-order valence-corrected chi connectivity index (χ3v) is 3.10. The van der Waals surface area contributed by atoms with Gasteiger partial charge in [-0.1, -0.05) is 24.8 Å². The standard InChI is InChI=1S/C15H15ClN4O/c1-4-12-13(9(2)16)15(21)20(14(19-12)10(3)17)11-6-5-7-18-8-11/h4-8,10H,1-2,17H2,3H3/t10-/m0/s1. The Morgan fingerprint density at radius 1 is 1.57 bits per heavy atom. The highest BCUT2D eigenvalue weighted by Crippen LogP contribution is 2.20. The largest absolute Gasteiger partial charge is 0.322 e. The van der Waals surface area contributed by atoms with Gasteiger partial charge in [0.25, 0.3) is 5.56 Å². The van der Waals surface area contributed by atoms with Crippen molar-refractivity contribution in [3.05, 3.63) is 65.1 Å². The number of hydrogen-bond donors (Lipinski definition) is 1. The van der Waals surface area contributed by atoms with Gasteiger partial charge in [0.2, 0.25) is 0 Å². The van der Waals surface area contributed by atoms with Crippen molar-refractivity contribution < 1.29 is 0 Å². The maximum Gasteiger partial charge on any atom is 0.267 e. The summed E-state index contributed by atoms with van der Waals surface area (Å²) in [6, 6.07) is 3.02. The molecule has 0 aliphatic heterocycles. The highest BCUT2D eigenvalue weighted by atomic mass is 35.5. The molecule has 2 N–H and O–H groups in total. The molecule has 0 bridgehead atoms. The lowest BCUT2D eigenvalue weighted by molar-refractivity contribution is 0.682. The Morgan fingerprint density at radius 3 is 2.76 bits per heavy atom. The molecular weight excluding hydrogens is 288 g/mol. The van der Waals surface area contributed by atoms with Crippen LogP contribution in [0.15, 0.2) is 42.5 Å². The second-order valence-corrected chi connectivity index (χ2v) is 4.94. The fourth-order valence-electron chi connectivity index (χ4n) is 2.00. The van der Waals surface area contributed by atoms with Crippen LogP contribution in [0.5, 0.6) is 0 Å². The van der Waals surface area contributed by atoms with E-state index < -0.39 is 6.04 Å². The zero-order valence-electron chi connectivity index (χ0n) is 11.6. The number of halogens is 1. The van der Waals surface area contributed by atoms with Crippen molar-refractivity contribution in [2.75, 3.05) is 0 Å². The highest BCUT2D eigenvalue weighted by Gasteiger charge is 2.19. The van der Waals surface area contributed by atoms with Crippen LogP contribution in [0.25, 0.3) is 16.8 Å². The molecule has 0 amide bonds. The summed E-state index contributed by atoms with van der Waals surface area (Å²) in [6.45, 7) is 9.02. The maximum absolute atomic E-state index is 12.8. The monoisotopic (exact) mass is 302 g/mol. The van der Waals surface area contributed by atoms with Crippen molar-refractivity contribution in [3.8, 4) is 5.69 Å². The molecule has 21 heavy (non-hydrogen) atoms. The van der Waals surface area contributed by atoms with Gasteiger partial charge in [-0.05, 0) is 25.1 Å². The van der Waals surface area contributed by atoms with Crippen LogP contribution in [-0.4, -0.2) is 14.5 Å². The van der Waals surface area contributed by atoms with Crippen LogP contribution in [0, 0.1) is 0 Å². The highest BCUT2D eigenvalue weighted by molar-refractivity contribution is 6.48. The molecule has 1 atom stereocenters. The summed E-state index contributed by atoms with van der Waals surface area (Å²) in [5, 5.41) is 0.108. The molecule has 2 heterocycles. The molecule has 0 saturated carbocycles. The van der Waals surface area contributed by atoms with Crippen molar-refractivity contribution in [2.24, 2.45) is 5.73 Å². The van der Waals surface area contributed by atoms with Crippen molar-refractivity contribution in [2.45, 2.75) is 13.0 Å². The minimum atomic E-state index is -0.450. The van der Waals surface area contributed by atoms with Crippen LogP contribution >= 0.6 is 11.6 Å². The van der Waals surface area contributed by atoms with E-state index in [2.05, 4.69) is 23.1 Å². The quantitative estimate of drug-likeness (QED) is 0.941. The summed E-state index contributed by atoms with van der Waals surface area (Å²) in [4.78, 5) is 21.2. The molecule has 0 fully saturated rings. The van der Waals surface area contributed by atoms with Crippen molar-refractivity contribution in [1.82, 2.24) is 14.5 Å². The van der Waals surface area contributed by atoms with E-state index in [1.54, 1.807) is 31.5 Å². The van der Waals surface area contributed by atoms with E-state index in [9.17, 15) is 4.79 Å². The zero-order chi connectivity index (χ0) is 15.6. The summed E-state index contributed by atoms with van der Waals surface area (Å²) >= 11 is 5.94. The molecule has 0 aromatic carbocycles. The number of pyridine rings is 1. The lowest BCUT2D eigenvalue weighted by Crippen LogP contribution is -2.30. The second-order valence-electron chi connectivity index (χ2n) is 4.48. The Balaban J connectivity index is 2.91. The molecule has 6 heteroatoms. The Kier molecular flexibility index (Phi) is 4.35. The van der Waals surface area contributed by atoms with Crippen molar-refractivity contribution in [1.29, 1.82) is 0 Å². The molecule has 0 saturated heterocycles. The smallest absolute Gasteiger partial charge is 0.267 e. The van der Waals surface area contributed by atoms with E-state index in [1.165, 1.54) is 10.6 Å². The van der Waals surface area contributed by atoms with Gasteiger partial charge in [-0.15, -0.1) is 0 Å². The number of nitrogens with zero attached hydrogens (tertiary/aromatic N) is 3. The third kappa shape index (κ3) is 2.79. The topological polar surface area (TPSA) is 73.8 Å². The molecule has 0 unspecified atom stereocenters. The number of rotatable bonds is 4. The fourth-order valence-corrected chi connectivity index (χ4v) is 2.18. The average molecular weight is 303 g/mol. The van der Waals surface area contributed by atoms with Crippen molar-refractivity contribution >= 4 is 22.7 Å². The summed E-state index contributed by atoms with van der Waals surface area (Å²) in [5.41, 5.74) is 6.73. The summed E-state index contributed by atoms with van der Waals surface area (Å²) in [6.07, 6.45) is 4.64. The Bertz CT molecular complexity index is 750. The van der Waals surface area contributed by atoms with E-state index in [0.29, 0.717) is 17.2 Å². The second kappa shape index (κ2) is 6.03. The normalized spacial score (nSPS) is 12.0. The first-order chi connectivity index (χ1) is 9.97. The van der Waals surface area contributed by atoms with Gasteiger partial charge < -0.3 is 5.73 Å². The molecule has 2 aromatic rings. The maximum atomic E-state index is 12.8. The lowest BCUT2D eigenvalue weighted by Gasteiger charge is -2.17. The van der Waals surface area contributed by atoms with Gasteiger partial charge in [0, 0.05) is 11.2 Å². The predicted molar refractivity (Wildman–Crippen MR) is 85.2 cm³/mol.